The van der Waals surface area contributed by atoms with Gasteiger partial charge in [-0.1, -0.05) is 11.2 Å². The standard InChI is InChI=1S/C15H18N4O5/c1-9-17-13(18-24-9)10-5-6-11(12(7-10)19(21)22)8-16-14(20)23-15(2,3)4/h5-7H,8H2,1-4H3,(H,16,20). The highest BCUT2D eigenvalue weighted by molar-refractivity contribution is 5.68. The van der Waals surface area contributed by atoms with Crippen molar-refractivity contribution in [2.24, 2.45) is 0 Å². The lowest BCUT2D eigenvalue weighted by molar-refractivity contribution is -0.385. The first-order valence-corrected chi connectivity index (χ1v) is 7.20. The van der Waals surface area contributed by atoms with Gasteiger partial charge in [0.2, 0.25) is 11.7 Å². The third kappa shape index (κ3) is 4.51. The second-order valence-corrected chi connectivity index (χ2v) is 6.09. The summed E-state index contributed by atoms with van der Waals surface area (Å²) in [4.78, 5) is 26.5. The summed E-state index contributed by atoms with van der Waals surface area (Å²) in [5.41, 5.74) is 0.0106. The van der Waals surface area contributed by atoms with Gasteiger partial charge in [-0.3, -0.25) is 10.1 Å². The molecule has 0 unspecified atom stereocenters. The summed E-state index contributed by atoms with van der Waals surface area (Å²) >= 11 is 0. The fraction of sp³-hybridized carbons (Fsp3) is 0.400. The molecule has 9 heteroatoms. The van der Waals surface area contributed by atoms with Crippen LogP contribution in [-0.4, -0.2) is 26.8 Å². The van der Waals surface area contributed by atoms with Crippen LogP contribution in [0.3, 0.4) is 0 Å². The minimum Gasteiger partial charge on any atom is -0.444 e. The van der Waals surface area contributed by atoms with Crippen molar-refractivity contribution in [3.05, 3.63) is 39.8 Å². The zero-order chi connectivity index (χ0) is 17.9. The SMILES string of the molecule is Cc1nc(-c2ccc(CNC(=O)OC(C)(C)C)c([N+](=O)[O-])c2)no1. The Morgan fingerprint density at radius 3 is 2.67 bits per heavy atom. The lowest BCUT2D eigenvalue weighted by atomic mass is 10.1. The van der Waals surface area contributed by atoms with Crippen LogP contribution < -0.4 is 5.32 Å². The summed E-state index contributed by atoms with van der Waals surface area (Å²) in [7, 11) is 0. The molecule has 0 fully saturated rings. The lowest BCUT2D eigenvalue weighted by Gasteiger charge is -2.19. The zero-order valence-electron chi connectivity index (χ0n) is 13.8. The molecule has 0 aliphatic heterocycles. The van der Waals surface area contributed by atoms with E-state index in [2.05, 4.69) is 15.5 Å². The number of carbonyl (C=O) groups is 1. The quantitative estimate of drug-likeness (QED) is 0.674. The molecule has 1 amide bonds. The van der Waals surface area contributed by atoms with E-state index in [4.69, 9.17) is 9.26 Å². The number of benzene rings is 1. The van der Waals surface area contributed by atoms with E-state index in [0.29, 0.717) is 17.0 Å². The van der Waals surface area contributed by atoms with E-state index in [-0.39, 0.29) is 18.1 Å². The predicted molar refractivity (Wildman–Crippen MR) is 84.2 cm³/mol. The highest BCUT2D eigenvalue weighted by Crippen LogP contribution is 2.25. The van der Waals surface area contributed by atoms with Crippen molar-refractivity contribution in [1.82, 2.24) is 15.5 Å². The topological polar surface area (TPSA) is 120 Å². The van der Waals surface area contributed by atoms with E-state index >= 15 is 0 Å². The zero-order valence-corrected chi connectivity index (χ0v) is 13.8. The number of hydrogen-bond donors (Lipinski definition) is 1. The smallest absolute Gasteiger partial charge is 0.407 e. The third-order valence-electron chi connectivity index (χ3n) is 2.89. The molecule has 128 valence electrons. The van der Waals surface area contributed by atoms with Gasteiger partial charge in [-0.25, -0.2) is 4.79 Å². The molecular formula is C15H18N4O5. The Balaban J connectivity index is 2.18. The molecule has 0 aliphatic carbocycles. The van der Waals surface area contributed by atoms with Gasteiger partial charge in [-0.05, 0) is 26.8 Å². The first-order valence-electron chi connectivity index (χ1n) is 7.20. The first-order chi connectivity index (χ1) is 11.2. The Morgan fingerprint density at radius 2 is 2.12 bits per heavy atom. The van der Waals surface area contributed by atoms with Crippen molar-refractivity contribution in [1.29, 1.82) is 0 Å². The number of nitro groups is 1. The van der Waals surface area contributed by atoms with Crippen LogP contribution in [0.4, 0.5) is 10.5 Å². The van der Waals surface area contributed by atoms with Gasteiger partial charge in [0, 0.05) is 24.1 Å². The van der Waals surface area contributed by atoms with Crippen molar-refractivity contribution in [2.75, 3.05) is 0 Å². The maximum absolute atomic E-state index is 11.7. The predicted octanol–water partition coefficient (Wildman–Crippen LogP) is 2.98. The fourth-order valence-electron chi connectivity index (χ4n) is 1.92. The molecule has 1 aromatic heterocycles. The number of nitrogens with zero attached hydrogens (tertiary/aromatic N) is 3. The van der Waals surface area contributed by atoms with Gasteiger partial charge in [0.25, 0.3) is 5.69 Å². The minimum absolute atomic E-state index is 0.0310. The molecule has 1 aromatic carbocycles. The summed E-state index contributed by atoms with van der Waals surface area (Å²) in [6.45, 7) is 6.80. The van der Waals surface area contributed by atoms with Crippen LogP contribution in [-0.2, 0) is 11.3 Å². The van der Waals surface area contributed by atoms with Gasteiger partial charge in [-0.2, -0.15) is 4.98 Å². The van der Waals surface area contributed by atoms with Crippen LogP contribution in [0.1, 0.15) is 32.2 Å². The van der Waals surface area contributed by atoms with Gasteiger partial charge >= 0.3 is 6.09 Å². The second-order valence-electron chi connectivity index (χ2n) is 6.09. The number of carbonyl (C=O) groups excluding carboxylic acids is 1. The third-order valence-corrected chi connectivity index (χ3v) is 2.89. The van der Waals surface area contributed by atoms with Crippen molar-refractivity contribution in [2.45, 2.75) is 39.8 Å². The molecule has 2 aromatic rings. The van der Waals surface area contributed by atoms with Crippen LogP contribution >= 0.6 is 0 Å². The van der Waals surface area contributed by atoms with Crippen LogP contribution in [0.5, 0.6) is 0 Å². The molecule has 0 bridgehead atoms. The van der Waals surface area contributed by atoms with E-state index in [1.807, 2.05) is 0 Å². The molecule has 0 aliphatic rings. The van der Waals surface area contributed by atoms with Crippen molar-refractivity contribution in [3.63, 3.8) is 0 Å². The Bertz CT molecular complexity index is 763. The number of hydrogen-bond acceptors (Lipinski definition) is 7. The summed E-state index contributed by atoms with van der Waals surface area (Å²) in [6.07, 6.45) is -0.644. The number of aromatic nitrogens is 2. The van der Waals surface area contributed by atoms with E-state index in [1.165, 1.54) is 12.1 Å². The van der Waals surface area contributed by atoms with E-state index in [0.717, 1.165) is 0 Å². The van der Waals surface area contributed by atoms with Gasteiger partial charge in [0.1, 0.15) is 5.60 Å². The highest BCUT2D eigenvalue weighted by Gasteiger charge is 2.20. The number of nitrogens with one attached hydrogen (secondary N) is 1. The number of amides is 1. The van der Waals surface area contributed by atoms with Crippen molar-refractivity contribution >= 4 is 11.8 Å². The second kappa shape index (κ2) is 6.65. The van der Waals surface area contributed by atoms with Crippen LogP contribution in [0, 0.1) is 17.0 Å². The largest absolute Gasteiger partial charge is 0.444 e. The average molecular weight is 334 g/mol. The van der Waals surface area contributed by atoms with Crippen LogP contribution in [0.15, 0.2) is 22.7 Å². The van der Waals surface area contributed by atoms with Crippen LogP contribution in [0.25, 0.3) is 11.4 Å². The molecule has 2 rings (SSSR count). The van der Waals surface area contributed by atoms with Gasteiger partial charge in [-0.15, -0.1) is 0 Å². The first kappa shape index (κ1) is 17.4. The summed E-state index contributed by atoms with van der Waals surface area (Å²) in [6, 6.07) is 4.51. The number of rotatable bonds is 4. The van der Waals surface area contributed by atoms with E-state index in [1.54, 1.807) is 33.8 Å². The Hall–Kier alpha value is -2.97. The summed E-state index contributed by atoms with van der Waals surface area (Å²) in [5, 5.41) is 17.5. The molecule has 0 saturated carbocycles. The Kier molecular flexibility index (Phi) is 4.82. The molecule has 1 heterocycles. The number of alkyl carbamates (subject to hydrolysis) is 1. The van der Waals surface area contributed by atoms with Gasteiger partial charge in [0.15, 0.2) is 0 Å². The number of ether oxygens (including phenoxy) is 1. The summed E-state index contributed by atoms with van der Waals surface area (Å²) in [5.74, 6) is 0.630. The van der Waals surface area contributed by atoms with Crippen molar-refractivity contribution < 1.29 is 19.0 Å². The summed E-state index contributed by atoms with van der Waals surface area (Å²) < 4.78 is 9.97. The fourth-order valence-corrected chi connectivity index (χ4v) is 1.92. The van der Waals surface area contributed by atoms with Crippen LogP contribution in [0.2, 0.25) is 0 Å². The maximum atomic E-state index is 11.7. The van der Waals surface area contributed by atoms with Crippen molar-refractivity contribution in [3.8, 4) is 11.4 Å². The van der Waals surface area contributed by atoms with E-state index < -0.39 is 16.6 Å². The lowest BCUT2D eigenvalue weighted by Crippen LogP contribution is -2.32. The highest BCUT2D eigenvalue weighted by atomic mass is 16.6. The number of nitro benzene ring substituents is 1. The average Bonchev–Trinajstić information content (AvgIpc) is 2.89. The molecule has 0 saturated heterocycles. The maximum Gasteiger partial charge on any atom is 0.407 e. The molecule has 0 spiro atoms. The van der Waals surface area contributed by atoms with Gasteiger partial charge in [0.05, 0.1) is 11.5 Å². The Morgan fingerprint density at radius 1 is 1.42 bits per heavy atom. The van der Waals surface area contributed by atoms with Gasteiger partial charge < -0.3 is 14.6 Å². The minimum atomic E-state index is -0.644. The molecular weight excluding hydrogens is 316 g/mol. The molecule has 0 atom stereocenters. The molecule has 24 heavy (non-hydrogen) atoms. The monoisotopic (exact) mass is 334 g/mol. The number of aryl methyl sites for hydroxylation is 1. The molecule has 9 nitrogen and oxygen atoms in total. The normalized spacial score (nSPS) is 11.2. The molecule has 1 N–H and O–H groups in total. The van der Waals surface area contributed by atoms with E-state index in [9.17, 15) is 14.9 Å². The Labute approximate surface area is 138 Å². The molecule has 0 radical (unpaired) electrons.